The number of aryl methyl sites for hydroxylation is 1. The van der Waals surface area contributed by atoms with Crippen molar-refractivity contribution in [1.82, 2.24) is 10.2 Å². The summed E-state index contributed by atoms with van der Waals surface area (Å²) in [5.74, 6) is 0.454. The summed E-state index contributed by atoms with van der Waals surface area (Å²) in [5.41, 5.74) is 1.87. The van der Waals surface area contributed by atoms with Crippen LogP contribution >= 0.6 is 0 Å². The molecule has 1 atom stereocenters. The highest BCUT2D eigenvalue weighted by Crippen LogP contribution is 2.10. The van der Waals surface area contributed by atoms with Crippen LogP contribution in [-0.4, -0.2) is 16.0 Å². The third-order valence-electron chi connectivity index (χ3n) is 2.39. The van der Waals surface area contributed by atoms with Crippen LogP contribution in [0.25, 0.3) is 0 Å². The molecule has 78 valence electrons. The van der Waals surface area contributed by atoms with Crippen molar-refractivity contribution in [1.29, 1.82) is 0 Å². The minimum Gasteiger partial charge on any atom is -0.299 e. The van der Waals surface area contributed by atoms with Crippen LogP contribution < -0.4 is 0 Å². The van der Waals surface area contributed by atoms with Crippen molar-refractivity contribution in [3.05, 3.63) is 17.5 Å². The maximum atomic E-state index is 11.7. The lowest BCUT2D eigenvalue weighted by Gasteiger charge is -2.06. The number of aromatic amines is 1. The fourth-order valence-electron chi connectivity index (χ4n) is 1.51. The van der Waals surface area contributed by atoms with Crippen molar-refractivity contribution < 1.29 is 4.79 Å². The van der Waals surface area contributed by atoms with Gasteiger partial charge in [0.25, 0.3) is 0 Å². The lowest BCUT2D eigenvalue weighted by Crippen LogP contribution is -2.13. The Labute approximate surface area is 84.9 Å². The molecule has 1 aromatic rings. The van der Waals surface area contributed by atoms with Gasteiger partial charge in [0.05, 0.1) is 12.1 Å². The molecule has 1 heterocycles. The Hall–Kier alpha value is -1.12. The van der Waals surface area contributed by atoms with Gasteiger partial charge in [0.15, 0.2) is 0 Å². The first-order valence-corrected chi connectivity index (χ1v) is 5.17. The molecule has 0 spiro atoms. The van der Waals surface area contributed by atoms with E-state index in [9.17, 15) is 4.79 Å². The molecule has 0 aliphatic rings. The van der Waals surface area contributed by atoms with Crippen molar-refractivity contribution >= 4 is 5.78 Å². The molecule has 0 aliphatic carbocycles. The Morgan fingerprint density at radius 3 is 2.86 bits per heavy atom. The van der Waals surface area contributed by atoms with E-state index in [1.54, 1.807) is 0 Å². The fraction of sp³-hybridized carbons (Fsp3) is 0.636. The Kier molecular flexibility index (Phi) is 3.86. The Bertz CT molecular complexity index is 304. The minimum atomic E-state index is 0.164. The maximum Gasteiger partial charge on any atom is 0.141 e. The molecule has 1 aromatic heterocycles. The molecule has 1 rings (SSSR count). The molecule has 0 amide bonds. The number of hydrogen-bond donors (Lipinski definition) is 1. The van der Waals surface area contributed by atoms with Crippen LogP contribution in [0.1, 0.15) is 38.1 Å². The highest BCUT2D eigenvalue weighted by atomic mass is 16.1. The average molecular weight is 194 g/mol. The second-order valence-corrected chi connectivity index (χ2v) is 3.88. The quantitative estimate of drug-likeness (QED) is 0.781. The molecule has 3 nitrogen and oxygen atoms in total. The number of rotatable bonds is 5. The summed E-state index contributed by atoms with van der Waals surface area (Å²) in [5, 5.41) is 6.90. The van der Waals surface area contributed by atoms with Crippen LogP contribution in [0.3, 0.4) is 0 Å². The smallest absolute Gasteiger partial charge is 0.141 e. The molecule has 0 saturated heterocycles. The number of aromatic nitrogens is 2. The zero-order valence-electron chi connectivity index (χ0n) is 9.13. The fourth-order valence-corrected chi connectivity index (χ4v) is 1.51. The second-order valence-electron chi connectivity index (χ2n) is 3.88. The number of nitrogens with one attached hydrogen (secondary N) is 1. The molecule has 0 bridgehead atoms. The summed E-state index contributed by atoms with van der Waals surface area (Å²) in [7, 11) is 0. The largest absolute Gasteiger partial charge is 0.299 e. The molecular weight excluding hydrogens is 176 g/mol. The summed E-state index contributed by atoms with van der Waals surface area (Å²) in [4.78, 5) is 11.7. The summed E-state index contributed by atoms with van der Waals surface area (Å²) in [6.07, 6.45) is 2.50. The first kappa shape index (κ1) is 11.0. The van der Waals surface area contributed by atoms with Gasteiger partial charge in [-0.15, -0.1) is 0 Å². The van der Waals surface area contributed by atoms with E-state index in [2.05, 4.69) is 17.1 Å². The van der Waals surface area contributed by atoms with Gasteiger partial charge in [-0.3, -0.25) is 9.89 Å². The van der Waals surface area contributed by atoms with Crippen LogP contribution in [0.4, 0.5) is 0 Å². The number of carbonyl (C=O) groups excluding carboxylic acids is 1. The summed E-state index contributed by atoms with van der Waals surface area (Å²) in [6.45, 7) is 6.03. The molecule has 0 fully saturated rings. The standard InChI is InChI=1S/C11H18N2O/c1-4-5-8(2)11(14)7-10-6-9(3)12-13-10/h6,8H,4-5,7H2,1-3H3,(H,12,13). The first-order valence-electron chi connectivity index (χ1n) is 5.17. The SMILES string of the molecule is CCCC(C)C(=O)Cc1cc(C)[nH]n1. The van der Waals surface area contributed by atoms with Gasteiger partial charge in [0.1, 0.15) is 5.78 Å². The van der Waals surface area contributed by atoms with Gasteiger partial charge >= 0.3 is 0 Å². The molecule has 3 heteroatoms. The predicted octanol–water partition coefficient (Wildman–Crippen LogP) is 2.27. The minimum absolute atomic E-state index is 0.164. The summed E-state index contributed by atoms with van der Waals surface area (Å²) in [6, 6.07) is 1.93. The van der Waals surface area contributed by atoms with E-state index in [4.69, 9.17) is 0 Å². The van der Waals surface area contributed by atoms with E-state index in [1.165, 1.54) is 0 Å². The van der Waals surface area contributed by atoms with E-state index in [-0.39, 0.29) is 5.92 Å². The lowest BCUT2D eigenvalue weighted by molar-refractivity contribution is -0.121. The molecule has 1 unspecified atom stereocenters. The molecule has 0 radical (unpaired) electrons. The number of hydrogen-bond acceptors (Lipinski definition) is 2. The summed E-state index contributed by atoms with van der Waals surface area (Å²) >= 11 is 0. The van der Waals surface area contributed by atoms with Gasteiger partial charge < -0.3 is 0 Å². The highest BCUT2D eigenvalue weighted by molar-refractivity contribution is 5.82. The van der Waals surface area contributed by atoms with E-state index in [1.807, 2.05) is 19.9 Å². The van der Waals surface area contributed by atoms with E-state index in [0.717, 1.165) is 24.2 Å². The van der Waals surface area contributed by atoms with Crippen LogP contribution in [0.5, 0.6) is 0 Å². The van der Waals surface area contributed by atoms with Crippen molar-refractivity contribution in [3.8, 4) is 0 Å². The first-order chi connectivity index (χ1) is 6.63. The van der Waals surface area contributed by atoms with Crippen LogP contribution in [0, 0.1) is 12.8 Å². The Morgan fingerprint density at radius 1 is 1.64 bits per heavy atom. The van der Waals surface area contributed by atoms with Gasteiger partial charge in [-0.2, -0.15) is 5.10 Å². The van der Waals surface area contributed by atoms with Crippen molar-refractivity contribution in [2.24, 2.45) is 5.92 Å². The number of Topliss-reactive ketones (excluding diaryl/α,β-unsaturated/α-hetero) is 1. The van der Waals surface area contributed by atoms with E-state index < -0.39 is 0 Å². The van der Waals surface area contributed by atoms with Crippen LogP contribution in [0.15, 0.2) is 6.07 Å². The maximum absolute atomic E-state index is 11.7. The van der Waals surface area contributed by atoms with Gasteiger partial charge in [-0.05, 0) is 19.4 Å². The van der Waals surface area contributed by atoms with Crippen LogP contribution in [-0.2, 0) is 11.2 Å². The Morgan fingerprint density at radius 2 is 2.36 bits per heavy atom. The number of ketones is 1. The predicted molar refractivity (Wildman–Crippen MR) is 56.1 cm³/mol. The number of nitrogens with zero attached hydrogens (tertiary/aromatic N) is 1. The molecule has 0 aliphatic heterocycles. The van der Waals surface area contributed by atoms with Crippen LogP contribution in [0.2, 0.25) is 0 Å². The molecule has 1 N–H and O–H groups in total. The Balaban J connectivity index is 2.48. The lowest BCUT2D eigenvalue weighted by atomic mass is 9.98. The second kappa shape index (κ2) is 4.94. The molecule has 14 heavy (non-hydrogen) atoms. The molecular formula is C11H18N2O. The van der Waals surface area contributed by atoms with Gasteiger partial charge in [-0.25, -0.2) is 0 Å². The third-order valence-corrected chi connectivity index (χ3v) is 2.39. The van der Waals surface area contributed by atoms with Crippen molar-refractivity contribution in [2.75, 3.05) is 0 Å². The average Bonchev–Trinajstić information content (AvgIpc) is 2.51. The van der Waals surface area contributed by atoms with E-state index in [0.29, 0.717) is 12.2 Å². The van der Waals surface area contributed by atoms with Gasteiger partial charge in [0.2, 0.25) is 0 Å². The monoisotopic (exact) mass is 194 g/mol. The number of H-pyrrole nitrogens is 1. The molecule has 0 saturated carbocycles. The van der Waals surface area contributed by atoms with Gasteiger partial charge in [-0.1, -0.05) is 20.3 Å². The topological polar surface area (TPSA) is 45.8 Å². The normalized spacial score (nSPS) is 12.8. The zero-order chi connectivity index (χ0) is 10.6. The van der Waals surface area contributed by atoms with E-state index >= 15 is 0 Å². The van der Waals surface area contributed by atoms with Crippen molar-refractivity contribution in [3.63, 3.8) is 0 Å². The highest BCUT2D eigenvalue weighted by Gasteiger charge is 2.13. The summed E-state index contributed by atoms with van der Waals surface area (Å²) < 4.78 is 0. The third kappa shape index (κ3) is 2.98. The van der Waals surface area contributed by atoms with Gasteiger partial charge in [0, 0.05) is 11.6 Å². The number of carbonyl (C=O) groups is 1. The zero-order valence-corrected chi connectivity index (χ0v) is 9.13. The van der Waals surface area contributed by atoms with Crippen molar-refractivity contribution in [2.45, 2.75) is 40.0 Å². The molecule has 0 aromatic carbocycles.